The van der Waals surface area contributed by atoms with E-state index in [1.807, 2.05) is 0 Å². The van der Waals surface area contributed by atoms with Crippen LogP contribution in [0.2, 0.25) is 0 Å². The molecule has 0 fully saturated rings. The molecular weight excluding hydrogens is 290 g/mol. The van der Waals surface area contributed by atoms with Crippen LogP contribution in [0.3, 0.4) is 0 Å². The van der Waals surface area contributed by atoms with Crippen LogP contribution in [0.25, 0.3) is 0 Å². The maximum atomic E-state index is 11.8. The molecule has 0 saturated heterocycles. The molecular formula is C11H14BrNO4. The molecule has 0 aliphatic heterocycles. The molecule has 1 heterocycles. The first-order valence-corrected chi connectivity index (χ1v) is 5.94. The van der Waals surface area contributed by atoms with Gasteiger partial charge in [-0.1, -0.05) is 15.9 Å². The van der Waals surface area contributed by atoms with Crippen molar-refractivity contribution in [2.75, 3.05) is 13.7 Å². The standard InChI is InChI=1S/C11H14BrNO4/c1-6-4-8(7(2)17-6)10(14)13-5-9(12)11(15)16-3/h4,9H,5H2,1-3H3,(H,13,14). The number of furan rings is 1. The molecule has 1 amide bonds. The Balaban J connectivity index is 2.56. The Morgan fingerprint density at radius 1 is 1.53 bits per heavy atom. The number of nitrogens with one attached hydrogen (secondary N) is 1. The van der Waals surface area contributed by atoms with Crippen LogP contribution in [0.1, 0.15) is 21.9 Å². The highest BCUT2D eigenvalue weighted by Crippen LogP contribution is 2.13. The topological polar surface area (TPSA) is 68.5 Å². The zero-order valence-corrected chi connectivity index (χ0v) is 11.5. The predicted molar refractivity (Wildman–Crippen MR) is 65.2 cm³/mol. The zero-order valence-electron chi connectivity index (χ0n) is 9.87. The summed E-state index contributed by atoms with van der Waals surface area (Å²) in [6, 6.07) is 1.66. The lowest BCUT2D eigenvalue weighted by atomic mass is 10.2. The molecule has 1 aromatic rings. The summed E-state index contributed by atoms with van der Waals surface area (Å²) in [7, 11) is 1.29. The number of alkyl halides is 1. The van der Waals surface area contributed by atoms with Crippen LogP contribution in [0.15, 0.2) is 10.5 Å². The minimum absolute atomic E-state index is 0.162. The summed E-state index contributed by atoms with van der Waals surface area (Å²) in [6.45, 7) is 3.65. The van der Waals surface area contributed by atoms with Gasteiger partial charge in [0.15, 0.2) is 0 Å². The predicted octanol–water partition coefficient (Wildman–Crippen LogP) is 1.56. The average molecular weight is 304 g/mol. The molecule has 0 spiro atoms. The van der Waals surface area contributed by atoms with Crippen molar-refractivity contribution in [1.82, 2.24) is 5.32 Å². The van der Waals surface area contributed by atoms with Crippen LogP contribution in [0.5, 0.6) is 0 Å². The van der Waals surface area contributed by atoms with Crippen molar-refractivity contribution in [3.8, 4) is 0 Å². The monoisotopic (exact) mass is 303 g/mol. The van der Waals surface area contributed by atoms with E-state index in [4.69, 9.17) is 4.42 Å². The second-order valence-corrected chi connectivity index (χ2v) is 4.63. The summed E-state index contributed by atoms with van der Waals surface area (Å²) in [5.41, 5.74) is 0.479. The molecule has 0 aromatic carbocycles. The minimum atomic E-state index is -0.551. The van der Waals surface area contributed by atoms with Crippen molar-refractivity contribution >= 4 is 27.8 Å². The van der Waals surface area contributed by atoms with Gasteiger partial charge >= 0.3 is 5.97 Å². The largest absolute Gasteiger partial charge is 0.468 e. The van der Waals surface area contributed by atoms with Crippen molar-refractivity contribution in [1.29, 1.82) is 0 Å². The summed E-state index contributed by atoms with van der Waals surface area (Å²) >= 11 is 3.12. The van der Waals surface area contributed by atoms with Gasteiger partial charge in [0.1, 0.15) is 16.3 Å². The van der Waals surface area contributed by atoms with Crippen LogP contribution in [0, 0.1) is 13.8 Å². The third-order valence-electron chi connectivity index (χ3n) is 2.18. The van der Waals surface area contributed by atoms with Gasteiger partial charge in [0.2, 0.25) is 0 Å². The quantitative estimate of drug-likeness (QED) is 0.677. The number of esters is 1. The highest BCUT2D eigenvalue weighted by atomic mass is 79.9. The lowest BCUT2D eigenvalue weighted by Crippen LogP contribution is -2.34. The molecule has 0 saturated carbocycles. The fourth-order valence-corrected chi connectivity index (χ4v) is 1.69. The van der Waals surface area contributed by atoms with Gasteiger partial charge in [0.25, 0.3) is 5.91 Å². The Labute approximate surface area is 108 Å². The van der Waals surface area contributed by atoms with Gasteiger partial charge in [-0.25, -0.2) is 0 Å². The molecule has 1 aromatic heterocycles. The van der Waals surface area contributed by atoms with Gasteiger partial charge in [-0.3, -0.25) is 9.59 Å². The van der Waals surface area contributed by atoms with Crippen LogP contribution in [-0.2, 0) is 9.53 Å². The highest BCUT2D eigenvalue weighted by molar-refractivity contribution is 9.10. The Morgan fingerprint density at radius 2 is 2.18 bits per heavy atom. The second kappa shape index (κ2) is 5.86. The Kier molecular flexibility index (Phi) is 4.74. The van der Waals surface area contributed by atoms with Gasteiger partial charge in [0.05, 0.1) is 12.7 Å². The lowest BCUT2D eigenvalue weighted by Gasteiger charge is -2.08. The maximum absolute atomic E-state index is 11.8. The fourth-order valence-electron chi connectivity index (χ4n) is 1.34. The summed E-state index contributed by atoms with van der Waals surface area (Å²) < 4.78 is 9.77. The smallest absolute Gasteiger partial charge is 0.321 e. The maximum Gasteiger partial charge on any atom is 0.321 e. The van der Waals surface area contributed by atoms with E-state index >= 15 is 0 Å². The zero-order chi connectivity index (χ0) is 13.0. The number of aryl methyl sites for hydroxylation is 2. The van der Waals surface area contributed by atoms with Crippen LogP contribution < -0.4 is 5.32 Å². The van der Waals surface area contributed by atoms with E-state index in [1.54, 1.807) is 19.9 Å². The first kappa shape index (κ1) is 13.8. The minimum Gasteiger partial charge on any atom is -0.468 e. The molecule has 6 heteroatoms. The number of hydrogen-bond acceptors (Lipinski definition) is 4. The molecule has 17 heavy (non-hydrogen) atoms. The van der Waals surface area contributed by atoms with Gasteiger partial charge in [-0.2, -0.15) is 0 Å². The van der Waals surface area contributed by atoms with Crippen molar-refractivity contribution in [2.24, 2.45) is 0 Å². The number of rotatable bonds is 4. The van der Waals surface area contributed by atoms with Crippen molar-refractivity contribution in [3.63, 3.8) is 0 Å². The van der Waals surface area contributed by atoms with Crippen LogP contribution >= 0.6 is 15.9 Å². The van der Waals surface area contributed by atoms with E-state index in [2.05, 4.69) is 26.0 Å². The van der Waals surface area contributed by atoms with Crippen molar-refractivity contribution in [2.45, 2.75) is 18.7 Å². The second-order valence-electron chi connectivity index (χ2n) is 3.53. The number of carbonyl (C=O) groups is 2. The normalized spacial score (nSPS) is 12.0. The summed E-state index contributed by atoms with van der Waals surface area (Å²) in [6.07, 6.45) is 0. The Morgan fingerprint density at radius 3 is 2.65 bits per heavy atom. The van der Waals surface area contributed by atoms with Gasteiger partial charge in [-0.15, -0.1) is 0 Å². The van der Waals surface area contributed by atoms with E-state index in [0.717, 1.165) is 0 Å². The molecule has 94 valence electrons. The first-order chi connectivity index (χ1) is 7.95. The van der Waals surface area contributed by atoms with Crippen LogP contribution in [-0.4, -0.2) is 30.4 Å². The molecule has 1 N–H and O–H groups in total. The van der Waals surface area contributed by atoms with E-state index in [1.165, 1.54) is 7.11 Å². The summed E-state index contributed by atoms with van der Waals surface area (Å²) in [5.74, 6) is 0.540. The third-order valence-corrected chi connectivity index (χ3v) is 2.88. The highest BCUT2D eigenvalue weighted by Gasteiger charge is 2.18. The SMILES string of the molecule is COC(=O)C(Br)CNC(=O)c1cc(C)oc1C. The molecule has 1 unspecified atom stereocenters. The Hall–Kier alpha value is -1.30. The molecule has 1 atom stereocenters. The first-order valence-electron chi connectivity index (χ1n) is 5.02. The number of amides is 1. The Bertz CT molecular complexity index is 427. The van der Waals surface area contributed by atoms with E-state index < -0.39 is 10.8 Å². The number of hydrogen-bond donors (Lipinski definition) is 1. The van der Waals surface area contributed by atoms with Crippen molar-refractivity contribution < 1.29 is 18.7 Å². The third kappa shape index (κ3) is 3.59. The summed E-state index contributed by atoms with van der Waals surface area (Å²) in [4.78, 5) is 22.3. The van der Waals surface area contributed by atoms with E-state index in [0.29, 0.717) is 17.1 Å². The fraction of sp³-hybridized carbons (Fsp3) is 0.455. The van der Waals surface area contributed by atoms with E-state index in [9.17, 15) is 9.59 Å². The van der Waals surface area contributed by atoms with Crippen molar-refractivity contribution in [3.05, 3.63) is 23.2 Å². The van der Waals surface area contributed by atoms with Gasteiger partial charge < -0.3 is 14.5 Å². The molecule has 0 bridgehead atoms. The summed E-state index contributed by atoms with van der Waals surface area (Å²) in [5, 5.41) is 2.62. The molecule has 0 radical (unpaired) electrons. The number of methoxy groups -OCH3 is 1. The molecule has 0 aliphatic rings. The van der Waals surface area contributed by atoms with Gasteiger partial charge in [0, 0.05) is 6.54 Å². The molecule has 0 aliphatic carbocycles. The molecule has 1 rings (SSSR count). The lowest BCUT2D eigenvalue weighted by molar-refractivity contribution is -0.139. The number of halogens is 1. The number of ether oxygens (including phenoxy) is 1. The van der Waals surface area contributed by atoms with E-state index in [-0.39, 0.29) is 12.5 Å². The number of carbonyl (C=O) groups excluding carboxylic acids is 2. The average Bonchev–Trinajstić information content (AvgIpc) is 2.63. The van der Waals surface area contributed by atoms with Gasteiger partial charge in [-0.05, 0) is 19.9 Å². The molecule has 5 nitrogen and oxygen atoms in total. The van der Waals surface area contributed by atoms with Crippen LogP contribution in [0.4, 0.5) is 0 Å².